The van der Waals surface area contributed by atoms with Crippen LogP contribution in [0.4, 0.5) is 0 Å². The van der Waals surface area contributed by atoms with Gasteiger partial charge in [-0.3, -0.25) is 4.79 Å². The van der Waals surface area contributed by atoms with Crippen molar-refractivity contribution in [3.8, 4) is 5.75 Å². The SMILES string of the molecule is [2H]SCPC(O)(c1ccccc1)c1ccc(OCCOCCOCCOCCOC(=O)C(C)(C)Br)cc1. The number of carbonyl (C=O) groups is 1. The summed E-state index contributed by atoms with van der Waals surface area (Å²) in [4.78, 5) is 11.6. The van der Waals surface area contributed by atoms with E-state index < -0.39 is 9.67 Å². The first-order valence-electron chi connectivity index (χ1n) is 12.1. The molecule has 36 heavy (non-hydrogen) atoms. The van der Waals surface area contributed by atoms with Gasteiger partial charge in [0.05, 0.1) is 39.6 Å². The summed E-state index contributed by atoms with van der Waals surface area (Å²) < 4.78 is 33.9. The fourth-order valence-electron chi connectivity index (χ4n) is 3.07. The highest BCUT2D eigenvalue weighted by atomic mass is 79.9. The first-order chi connectivity index (χ1) is 17.8. The molecule has 10 heteroatoms. The van der Waals surface area contributed by atoms with Gasteiger partial charge in [-0.05, 0) is 37.1 Å². The van der Waals surface area contributed by atoms with Gasteiger partial charge in [-0.1, -0.05) is 67.0 Å². The average Bonchev–Trinajstić information content (AvgIpc) is 2.90. The lowest BCUT2D eigenvalue weighted by molar-refractivity contribution is -0.147. The number of halogens is 1. The zero-order valence-electron chi connectivity index (χ0n) is 21.7. The molecule has 7 nitrogen and oxygen atoms in total. The van der Waals surface area contributed by atoms with E-state index in [-0.39, 0.29) is 21.2 Å². The Morgan fingerprint density at radius 2 is 1.42 bits per heavy atom. The van der Waals surface area contributed by atoms with Gasteiger partial charge in [0, 0.05) is 5.49 Å². The van der Waals surface area contributed by atoms with Gasteiger partial charge in [-0.25, -0.2) is 0 Å². The number of carbonyl (C=O) groups excluding carboxylic acids is 1. The van der Waals surface area contributed by atoms with E-state index in [1.54, 1.807) is 13.8 Å². The quantitative estimate of drug-likeness (QED) is 0.0799. The molecule has 0 heterocycles. The maximum absolute atomic E-state index is 11.6. The predicted octanol–water partition coefficient (Wildman–Crippen LogP) is 4.59. The van der Waals surface area contributed by atoms with Gasteiger partial charge in [-0.15, -0.1) is 0 Å². The first kappa shape index (κ1) is 29.4. The molecule has 0 fully saturated rings. The Morgan fingerprint density at radius 3 is 1.97 bits per heavy atom. The molecular weight excluding hydrogens is 567 g/mol. The zero-order chi connectivity index (χ0) is 27.0. The summed E-state index contributed by atoms with van der Waals surface area (Å²) in [6.07, 6.45) is 0. The number of aliphatic hydroxyl groups is 1. The molecule has 0 bridgehead atoms. The van der Waals surface area contributed by atoms with Gasteiger partial charge >= 0.3 is 5.97 Å². The second-order valence-electron chi connectivity index (χ2n) is 8.22. The molecule has 2 atom stereocenters. The van der Waals surface area contributed by atoms with Crippen molar-refractivity contribution in [3.63, 3.8) is 0 Å². The van der Waals surface area contributed by atoms with E-state index in [0.717, 1.165) is 23.7 Å². The summed E-state index contributed by atoms with van der Waals surface area (Å²) in [6, 6.07) is 17.0. The van der Waals surface area contributed by atoms with E-state index in [2.05, 4.69) is 15.9 Å². The fraction of sp³-hybridized carbons (Fsp3) is 0.500. The number of thiol groups is 1. The Balaban J connectivity index is 1.57. The van der Waals surface area contributed by atoms with Crippen LogP contribution in [0.5, 0.6) is 5.75 Å². The monoisotopic (exact) mass is 603 g/mol. The molecule has 0 saturated carbocycles. The minimum absolute atomic E-state index is 0.156. The van der Waals surface area contributed by atoms with Crippen LogP contribution in [0.15, 0.2) is 54.6 Å². The Morgan fingerprint density at radius 1 is 0.889 bits per heavy atom. The van der Waals surface area contributed by atoms with Gasteiger partial charge in [0.15, 0.2) is 0 Å². The Hall–Kier alpha value is -1.19. The molecule has 2 rings (SSSR count). The zero-order valence-corrected chi connectivity index (χ0v) is 24.1. The second kappa shape index (κ2) is 16.6. The maximum Gasteiger partial charge on any atom is 0.322 e. The molecule has 2 aromatic carbocycles. The number of esters is 1. The predicted molar refractivity (Wildman–Crippen MR) is 150 cm³/mol. The molecule has 2 aromatic rings. The summed E-state index contributed by atoms with van der Waals surface area (Å²) in [5, 5.41) is 10.3. The molecule has 2 unspecified atom stereocenters. The van der Waals surface area contributed by atoms with E-state index in [9.17, 15) is 9.90 Å². The van der Waals surface area contributed by atoms with Crippen LogP contribution in [0.3, 0.4) is 0 Å². The van der Waals surface area contributed by atoms with E-state index in [1.807, 2.05) is 54.6 Å². The minimum Gasteiger partial charge on any atom is -0.491 e. The third kappa shape index (κ3) is 11.1. The van der Waals surface area contributed by atoms with Crippen molar-refractivity contribution in [1.82, 2.24) is 0 Å². The lowest BCUT2D eigenvalue weighted by Gasteiger charge is -2.29. The number of hydrogen-bond donors (Lipinski definition) is 2. The van der Waals surface area contributed by atoms with Crippen molar-refractivity contribution in [2.45, 2.75) is 23.5 Å². The number of benzene rings is 2. The van der Waals surface area contributed by atoms with Crippen LogP contribution >= 0.6 is 37.0 Å². The molecule has 0 radical (unpaired) electrons. The van der Waals surface area contributed by atoms with Crippen molar-refractivity contribution in [2.75, 3.05) is 58.3 Å². The molecular formula is C26H36BrO7PS. The number of rotatable bonds is 19. The van der Waals surface area contributed by atoms with Crippen LogP contribution in [0, 0.1) is 0 Å². The van der Waals surface area contributed by atoms with Gasteiger partial charge in [-0.2, -0.15) is 12.5 Å². The summed E-state index contributed by atoms with van der Waals surface area (Å²) in [6.45, 7) is 6.54. The molecule has 0 aliphatic heterocycles. The van der Waals surface area contributed by atoms with Crippen molar-refractivity contribution >= 4 is 43.0 Å². The normalized spacial score (nSPS) is 13.9. The standard InChI is InChI=1S/C26H36BrO7PS/c1-25(2,27)24(28)34-19-17-32-15-13-30-12-14-31-16-18-33-23-10-8-22(9-11-23)26(29,35-20-36)21-6-4-3-5-7-21/h3-11,29,35-36H,12-20H2,1-2H3/i/hD. The Kier molecular flexibility index (Phi) is 13.6. The average molecular weight is 605 g/mol. The lowest BCUT2D eigenvalue weighted by atomic mass is 10.0. The third-order valence-electron chi connectivity index (χ3n) is 4.98. The molecule has 0 spiro atoms. The van der Waals surface area contributed by atoms with E-state index in [1.165, 1.54) is 0 Å². The molecule has 0 aromatic heterocycles. The fourth-order valence-corrected chi connectivity index (χ4v) is 4.76. The highest BCUT2D eigenvalue weighted by Gasteiger charge is 2.30. The van der Waals surface area contributed by atoms with Crippen molar-refractivity contribution in [3.05, 3.63) is 65.7 Å². The highest BCUT2D eigenvalue weighted by molar-refractivity contribution is 9.10. The molecule has 1 N–H and O–H groups in total. The maximum atomic E-state index is 11.6. The van der Waals surface area contributed by atoms with Crippen LogP contribution in [-0.4, -0.2) is 74.9 Å². The van der Waals surface area contributed by atoms with Gasteiger partial charge < -0.3 is 28.8 Å². The number of alkyl halides is 1. The summed E-state index contributed by atoms with van der Waals surface area (Å²) in [5.74, 6) is 0.372. The van der Waals surface area contributed by atoms with E-state index in [4.69, 9.17) is 24.8 Å². The second-order valence-corrected chi connectivity index (χ2v) is 12.4. The number of hydrogen-bond acceptors (Lipinski definition) is 8. The Labute approximate surface area is 230 Å². The summed E-state index contributed by atoms with van der Waals surface area (Å²) in [7, 11) is 0.156. The van der Waals surface area contributed by atoms with Gasteiger partial charge in [0.25, 0.3) is 0 Å². The lowest BCUT2D eigenvalue weighted by Crippen LogP contribution is -2.27. The molecule has 200 valence electrons. The van der Waals surface area contributed by atoms with Crippen LogP contribution < -0.4 is 4.74 Å². The van der Waals surface area contributed by atoms with Crippen LogP contribution in [0.25, 0.3) is 0 Å². The van der Waals surface area contributed by atoms with Crippen LogP contribution in [0.2, 0.25) is 0 Å². The van der Waals surface area contributed by atoms with E-state index >= 15 is 0 Å². The number of ether oxygens (including phenoxy) is 5. The van der Waals surface area contributed by atoms with Crippen molar-refractivity contribution in [1.29, 1.82) is 1.12 Å². The van der Waals surface area contributed by atoms with Crippen LogP contribution in [0.1, 0.15) is 25.0 Å². The highest BCUT2D eigenvalue weighted by Crippen LogP contribution is 2.45. The van der Waals surface area contributed by atoms with Crippen LogP contribution in [-0.2, 0) is 29.1 Å². The van der Waals surface area contributed by atoms with Crippen molar-refractivity contribution in [2.24, 2.45) is 0 Å². The van der Waals surface area contributed by atoms with Gasteiger partial charge in [0.2, 0.25) is 0 Å². The van der Waals surface area contributed by atoms with Crippen molar-refractivity contribution < 1.29 is 33.6 Å². The molecule has 0 aliphatic carbocycles. The Bertz CT molecular complexity index is 902. The largest absolute Gasteiger partial charge is 0.491 e. The topological polar surface area (TPSA) is 83.5 Å². The molecule has 0 aliphatic rings. The summed E-state index contributed by atoms with van der Waals surface area (Å²) in [5.41, 5.74) is 2.14. The first-order valence-corrected chi connectivity index (χ1v) is 14.3. The van der Waals surface area contributed by atoms with E-state index in [0.29, 0.717) is 57.5 Å². The van der Waals surface area contributed by atoms with Gasteiger partial charge in [0.1, 0.15) is 29.8 Å². The summed E-state index contributed by atoms with van der Waals surface area (Å²) >= 11 is 4.22. The smallest absolute Gasteiger partial charge is 0.322 e. The molecule has 0 amide bonds. The third-order valence-corrected chi connectivity index (χ3v) is 6.97. The molecule has 0 saturated heterocycles. The minimum atomic E-state index is -1.13.